The van der Waals surface area contributed by atoms with Crippen LogP contribution >= 0.6 is 11.6 Å². The van der Waals surface area contributed by atoms with Gasteiger partial charge < -0.3 is 24.8 Å². The maximum atomic E-state index is 9.29. The minimum Gasteiger partial charge on any atom is -0.474 e. The van der Waals surface area contributed by atoms with Gasteiger partial charge in [0.05, 0.1) is 29.8 Å². The van der Waals surface area contributed by atoms with Crippen LogP contribution in [0.1, 0.15) is 30.5 Å². The SMILES string of the molecule is CN1CCC(Oc2cc(N3CCN[C@@H](CC#N)C3)c3c(n2)CN(c2cccc4cccc(Cl)c24)CC3)CC1. The third kappa shape index (κ3) is 5.13. The Hall–Kier alpha value is -3.05. The van der Waals surface area contributed by atoms with Crippen LogP contribution in [0.3, 0.4) is 0 Å². The second-order valence-corrected chi connectivity index (χ2v) is 11.2. The lowest BCUT2D eigenvalue weighted by Gasteiger charge is -2.38. The molecule has 0 unspecified atom stereocenters. The van der Waals surface area contributed by atoms with Gasteiger partial charge in [-0.25, -0.2) is 4.98 Å². The Morgan fingerprint density at radius 1 is 1.08 bits per heavy atom. The summed E-state index contributed by atoms with van der Waals surface area (Å²) in [5.74, 6) is 0.724. The number of pyridine rings is 1. The number of nitrogens with one attached hydrogen (secondary N) is 1. The van der Waals surface area contributed by atoms with Crippen molar-refractivity contribution >= 4 is 33.7 Å². The fourth-order valence-corrected chi connectivity index (χ4v) is 6.43. The van der Waals surface area contributed by atoms with E-state index < -0.39 is 0 Å². The largest absolute Gasteiger partial charge is 0.474 e. The van der Waals surface area contributed by atoms with E-state index in [1.54, 1.807) is 0 Å². The molecule has 2 aromatic carbocycles. The standard InChI is InChI=1S/C30H35ClN6O/c1-35-14-9-23(10-15-35)38-29-18-28(37-17-13-33-22(19-37)8-12-32)24-11-16-36(20-26(24)34-29)27-7-3-5-21-4-2-6-25(31)30(21)27/h2-7,18,22-23,33H,8-11,13-17,19-20H2,1H3/t22-/m0/s1. The normalized spacial score (nSPS) is 20.8. The Morgan fingerprint density at radius 2 is 1.89 bits per heavy atom. The molecule has 0 amide bonds. The molecule has 1 N–H and O–H groups in total. The highest BCUT2D eigenvalue weighted by atomic mass is 35.5. The number of hydrogen-bond donors (Lipinski definition) is 1. The molecular formula is C30H35ClN6O. The fourth-order valence-electron chi connectivity index (χ4n) is 6.15. The molecule has 38 heavy (non-hydrogen) atoms. The van der Waals surface area contributed by atoms with Gasteiger partial charge in [-0.2, -0.15) is 5.26 Å². The second-order valence-electron chi connectivity index (χ2n) is 10.8. The van der Waals surface area contributed by atoms with Crippen molar-refractivity contribution in [2.45, 2.75) is 44.4 Å². The first kappa shape index (κ1) is 25.2. The molecule has 198 valence electrons. The summed E-state index contributed by atoms with van der Waals surface area (Å²) in [5, 5.41) is 15.8. The zero-order valence-electron chi connectivity index (χ0n) is 22.0. The molecule has 0 aliphatic carbocycles. The van der Waals surface area contributed by atoms with Crippen LogP contribution in [-0.4, -0.2) is 68.3 Å². The smallest absolute Gasteiger partial charge is 0.215 e. The molecule has 0 spiro atoms. The van der Waals surface area contributed by atoms with Crippen LogP contribution in [0.5, 0.6) is 5.88 Å². The van der Waals surface area contributed by atoms with Crippen molar-refractivity contribution in [1.82, 2.24) is 15.2 Å². The highest BCUT2D eigenvalue weighted by Crippen LogP contribution is 2.38. The number of anilines is 2. The van der Waals surface area contributed by atoms with Gasteiger partial charge in [0.25, 0.3) is 0 Å². The van der Waals surface area contributed by atoms with Gasteiger partial charge in [0.1, 0.15) is 6.10 Å². The minimum absolute atomic E-state index is 0.175. The zero-order chi connectivity index (χ0) is 26.1. The average Bonchev–Trinajstić information content (AvgIpc) is 2.94. The predicted octanol–water partition coefficient (Wildman–Crippen LogP) is 4.62. The monoisotopic (exact) mass is 530 g/mol. The third-order valence-corrected chi connectivity index (χ3v) is 8.51. The maximum absolute atomic E-state index is 9.29. The summed E-state index contributed by atoms with van der Waals surface area (Å²) in [6.07, 6.45) is 3.64. The maximum Gasteiger partial charge on any atom is 0.215 e. The van der Waals surface area contributed by atoms with Crippen molar-refractivity contribution in [3.8, 4) is 11.9 Å². The van der Waals surface area contributed by atoms with Crippen molar-refractivity contribution in [1.29, 1.82) is 5.26 Å². The van der Waals surface area contributed by atoms with Crippen molar-refractivity contribution < 1.29 is 4.74 Å². The first-order valence-corrected chi connectivity index (χ1v) is 14.1. The molecule has 7 nitrogen and oxygen atoms in total. The third-order valence-electron chi connectivity index (χ3n) is 8.19. The Labute approximate surface area is 229 Å². The quantitative estimate of drug-likeness (QED) is 0.516. The van der Waals surface area contributed by atoms with Crippen molar-refractivity contribution in [3.63, 3.8) is 0 Å². The van der Waals surface area contributed by atoms with Crippen molar-refractivity contribution in [2.75, 3.05) is 56.1 Å². The Morgan fingerprint density at radius 3 is 2.71 bits per heavy atom. The first-order valence-electron chi connectivity index (χ1n) is 13.7. The number of rotatable bonds is 5. The van der Waals surface area contributed by atoms with E-state index in [-0.39, 0.29) is 12.1 Å². The summed E-state index contributed by atoms with van der Waals surface area (Å²) in [5.41, 5.74) is 4.76. The molecule has 1 aromatic heterocycles. The molecule has 8 heteroatoms. The van der Waals surface area contributed by atoms with Crippen LogP contribution in [0, 0.1) is 11.3 Å². The summed E-state index contributed by atoms with van der Waals surface area (Å²) in [6, 6.07) is 17.2. The number of hydrogen-bond acceptors (Lipinski definition) is 7. The molecule has 3 aliphatic rings. The van der Waals surface area contributed by atoms with Gasteiger partial charge in [-0.1, -0.05) is 35.9 Å². The number of halogens is 1. The highest BCUT2D eigenvalue weighted by molar-refractivity contribution is 6.36. The summed E-state index contributed by atoms with van der Waals surface area (Å²) in [6.45, 7) is 6.31. The van der Waals surface area contributed by atoms with Crippen molar-refractivity contribution in [3.05, 3.63) is 58.7 Å². The Kier molecular flexibility index (Phi) is 7.29. The van der Waals surface area contributed by atoms with Gasteiger partial charge in [-0.15, -0.1) is 0 Å². The molecule has 6 rings (SSSR count). The molecule has 2 saturated heterocycles. The molecule has 0 radical (unpaired) electrons. The summed E-state index contributed by atoms with van der Waals surface area (Å²) >= 11 is 6.69. The van der Waals surface area contributed by atoms with Gasteiger partial charge in [0.2, 0.25) is 5.88 Å². The van der Waals surface area contributed by atoms with Gasteiger partial charge in [-0.05, 0) is 43.8 Å². The lowest BCUT2D eigenvalue weighted by Crippen LogP contribution is -2.51. The second kappa shape index (κ2) is 11.0. The van der Waals surface area contributed by atoms with Crippen LogP contribution in [0.2, 0.25) is 5.02 Å². The van der Waals surface area contributed by atoms with E-state index in [9.17, 15) is 5.26 Å². The van der Waals surface area contributed by atoms with Gasteiger partial charge in [-0.3, -0.25) is 0 Å². The number of aromatic nitrogens is 1. The molecule has 4 heterocycles. The molecule has 1 atom stereocenters. The molecule has 3 aliphatic heterocycles. The summed E-state index contributed by atoms with van der Waals surface area (Å²) < 4.78 is 6.53. The minimum atomic E-state index is 0.175. The number of piperidine rings is 1. The van der Waals surface area contributed by atoms with Crippen LogP contribution in [0.15, 0.2) is 42.5 Å². The van der Waals surface area contributed by atoms with Gasteiger partial charge in [0.15, 0.2) is 0 Å². The summed E-state index contributed by atoms with van der Waals surface area (Å²) in [4.78, 5) is 12.3. The number of likely N-dealkylation sites (tertiary alicyclic amines) is 1. The van der Waals surface area contributed by atoms with E-state index in [1.165, 1.54) is 11.3 Å². The van der Waals surface area contributed by atoms with E-state index in [0.717, 1.165) is 91.6 Å². The number of benzene rings is 2. The van der Waals surface area contributed by atoms with Crippen LogP contribution in [0.25, 0.3) is 10.8 Å². The topological polar surface area (TPSA) is 67.7 Å². The van der Waals surface area contributed by atoms with Crippen LogP contribution in [-0.2, 0) is 13.0 Å². The molecule has 0 saturated carbocycles. The van der Waals surface area contributed by atoms with E-state index >= 15 is 0 Å². The molecule has 2 fully saturated rings. The van der Waals surface area contributed by atoms with Crippen molar-refractivity contribution in [2.24, 2.45) is 0 Å². The van der Waals surface area contributed by atoms with E-state index in [1.807, 2.05) is 12.1 Å². The molecular weight excluding hydrogens is 496 g/mol. The number of nitrogens with zero attached hydrogens (tertiary/aromatic N) is 5. The summed E-state index contributed by atoms with van der Waals surface area (Å²) in [7, 11) is 2.17. The van der Waals surface area contributed by atoms with Crippen LogP contribution in [0.4, 0.5) is 11.4 Å². The number of piperazine rings is 1. The number of ether oxygens (including phenoxy) is 1. The average molecular weight is 531 g/mol. The van der Waals surface area contributed by atoms with E-state index in [0.29, 0.717) is 13.0 Å². The lowest BCUT2D eigenvalue weighted by atomic mass is 9.99. The molecule has 0 bridgehead atoms. The lowest BCUT2D eigenvalue weighted by molar-refractivity contribution is 0.110. The number of fused-ring (bicyclic) bond motifs is 2. The zero-order valence-corrected chi connectivity index (χ0v) is 22.8. The molecule has 3 aromatic rings. The Balaban J connectivity index is 1.35. The fraction of sp³-hybridized carbons (Fsp3) is 0.467. The predicted molar refractivity (Wildman–Crippen MR) is 153 cm³/mol. The van der Waals surface area contributed by atoms with E-state index in [4.69, 9.17) is 21.3 Å². The van der Waals surface area contributed by atoms with E-state index in [2.05, 4.69) is 63.5 Å². The van der Waals surface area contributed by atoms with Gasteiger partial charge >= 0.3 is 0 Å². The highest BCUT2D eigenvalue weighted by Gasteiger charge is 2.29. The van der Waals surface area contributed by atoms with Crippen LogP contribution < -0.4 is 19.9 Å². The first-order chi connectivity index (χ1) is 18.6. The van der Waals surface area contributed by atoms with Gasteiger partial charge in [0, 0.05) is 73.7 Å². The Bertz CT molecular complexity index is 1340. The number of nitriles is 1.